The standard InChI is InChI=1S/C20H28ClNO3/c1-15(2)5-4-6-16(3)13-14-25-20(24)12-11-19(23)22-18-9-7-17(21)8-10-18/h5,7-10,16H,4,6,11-14H2,1-3H3,(H,22,23)/t16-/m1/s1. The molecule has 0 spiro atoms. The van der Waals surface area contributed by atoms with Gasteiger partial charge >= 0.3 is 5.97 Å². The molecule has 0 heterocycles. The van der Waals surface area contributed by atoms with E-state index in [1.165, 1.54) is 5.57 Å². The van der Waals surface area contributed by atoms with Gasteiger partial charge in [-0.05, 0) is 63.3 Å². The Bertz CT molecular complexity index is 577. The predicted molar refractivity (Wildman–Crippen MR) is 103 cm³/mol. The van der Waals surface area contributed by atoms with Crippen molar-refractivity contribution in [2.75, 3.05) is 11.9 Å². The third-order valence-corrected chi connectivity index (χ3v) is 4.02. The van der Waals surface area contributed by atoms with Gasteiger partial charge in [-0.1, -0.05) is 30.2 Å². The highest BCUT2D eigenvalue weighted by Gasteiger charge is 2.09. The lowest BCUT2D eigenvalue weighted by atomic mass is 10.0. The van der Waals surface area contributed by atoms with Gasteiger partial charge in [-0.15, -0.1) is 0 Å². The van der Waals surface area contributed by atoms with E-state index in [1.807, 2.05) is 0 Å². The van der Waals surface area contributed by atoms with Gasteiger partial charge in [-0.25, -0.2) is 0 Å². The van der Waals surface area contributed by atoms with Gasteiger partial charge in [0.2, 0.25) is 5.91 Å². The van der Waals surface area contributed by atoms with Crippen LogP contribution in [0.3, 0.4) is 0 Å². The lowest BCUT2D eigenvalue weighted by Crippen LogP contribution is -2.15. The molecule has 25 heavy (non-hydrogen) atoms. The summed E-state index contributed by atoms with van der Waals surface area (Å²) in [5, 5.41) is 3.33. The van der Waals surface area contributed by atoms with Crippen LogP contribution in [0.25, 0.3) is 0 Å². The number of hydrogen-bond acceptors (Lipinski definition) is 3. The fourth-order valence-electron chi connectivity index (χ4n) is 2.22. The first-order valence-electron chi connectivity index (χ1n) is 8.71. The number of ether oxygens (including phenoxy) is 1. The maximum Gasteiger partial charge on any atom is 0.306 e. The molecule has 0 radical (unpaired) electrons. The second-order valence-corrected chi connectivity index (χ2v) is 6.96. The Kier molecular flexibility index (Phi) is 9.93. The van der Waals surface area contributed by atoms with E-state index in [2.05, 4.69) is 32.2 Å². The maximum atomic E-state index is 11.8. The van der Waals surface area contributed by atoms with Gasteiger partial charge in [-0.3, -0.25) is 9.59 Å². The largest absolute Gasteiger partial charge is 0.466 e. The van der Waals surface area contributed by atoms with Crippen LogP contribution in [-0.4, -0.2) is 18.5 Å². The summed E-state index contributed by atoms with van der Waals surface area (Å²) in [6.45, 7) is 6.75. The molecule has 0 unspecified atom stereocenters. The topological polar surface area (TPSA) is 55.4 Å². The minimum absolute atomic E-state index is 0.0889. The SMILES string of the molecule is CC(C)=CCC[C@@H](C)CCOC(=O)CCC(=O)Nc1ccc(Cl)cc1. The Morgan fingerprint density at radius 2 is 1.84 bits per heavy atom. The molecule has 138 valence electrons. The highest BCUT2D eigenvalue weighted by Crippen LogP contribution is 2.14. The first kappa shape index (κ1) is 21.2. The summed E-state index contributed by atoms with van der Waals surface area (Å²) in [6.07, 6.45) is 5.42. The first-order chi connectivity index (χ1) is 11.9. The molecule has 5 heteroatoms. The van der Waals surface area contributed by atoms with Gasteiger partial charge in [0.1, 0.15) is 0 Å². The molecule has 0 bridgehead atoms. The van der Waals surface area contributed by atoms with E-state index in [1.54, 1.807) is 24.3 Å². The molecule has 0 aliphatic heterocycles. The van der Waals surface area contributed by atoms with Crippen molar-refractivity contribution in [1.82, 2.24) is 0 Å². The second-order valence-electron chi connectivity index (χ2n) is 6.53. The normalized spacial score (nSPS) is 11.5. The number of amides is 1. The summed E-state index contributed by atoms with van der Waals surface area (Å²) in [4.78, 5) is 23.5. The van der Waals surface area contributed by atoms with Gasteiger partial charge < -0.3 is 10.1 Å². The van der Waals surface area contributed by atoms with Crippen LogP contribution in [0.15, 0.2) is 35.9 Å². The van der Waals surface area contributed by atoms with E-state index in [0.29, 0.717) is 23.2 Å². The Morgan fingerprint density at radius 3 is 2.48 bits per heavy atom. The average Bonchev–Trinajstić information content (AvgIpc) is 2.55. The number of rotatable bonds is 10. The minimum atomic E-state index is -0.331. The molecule has 0 fully saturated rings. The Balaban J connectivity index is 2.14. The molecule has 4 nitrogen and oxygen atoms in total. The molecule has 1 amide bonds. The van der Waals surface area contributed by atoms with Gasteiger partial charge in [0.25, 0.3) is 0 Å². The number of carbonyl (C=O) groups excluding carboxylic acids is 2. The number of hydrogen-bond donors (Lipinski definition) is 1. The number of carbonyl (C=O) groups is 2. The summed E-state index contributed by atoms with van der Waals surface area (Å²) >= 11 is 5.79. The molecule has 0 saturated carbocycles. The van der Waals surface area contributed by atoms with Crippen molar-refractivity contribution < 1.29 is 14.3 Å². The van der Waals surface area contributed by atoms with Gasteiger partial charge in [0.15, 0.2) is 0 Å². The first-order valence-corrected chi connectivity index (χ1v) is 9.09. The van der Waals surface area contributed by atoms with Crippen LogP contribution in [-0.2, 0) is 14.3 Å². The fraction of sp³-hybridized carbons (Fsp3) is 0.500. The summed E-state index contributed by atoms with van der Waals surface area (Å²) in [7, 11) is 0. The highest BCUT2D eigenvalue weighted by atomic mass is 35.5. The van der Waals surface area contributed by atoms with E-state index >= 15 is 0 Å². The minimum Gasteiger partial charge on any atom is -0.466 e. The van der Waals surface area contributed by atoms with Crippen molar-refractivity contribution in [3.63, 3.8) is 0 Å². The summed E-state index contributed by atoms with van der Waals surface area (Å²) in [5.74, 6) is -0.0336. The molecular formula is C20H28ClNO3. The van der Waals surface area contributed by atoms with Crippen LogP contribution in [0.1, 0.15) is 52.9 Å². The molecular weight excluding hydrogens is 338 g/mol. The Labute approximate surface area is 155 Å². The zero-order valence-electron chi connectivity index (χ0n) is 15.3. The van der Waals surface area contributed by atoms with Crippen LogP contribution < -0.4 is 5.32 Å². The number of halogens is 1. The zero-order chi connectivity index (χ0) is 18.7. The molecule has 1 aromatic carbocycles. The van der Waals surface area contributed by atoms with Crippen molar-refractivity contribution in [3.8, 4) is 0 Å². The average molecular weight is 366 g/mol. The molecule has 0 aliphatic carbocycles. The van der Waals surface area contributed by atoms with Crippen LogP contribution in [0, 0.1) is 5.92 Å². The van der Waals surface area contributed by atoms with E-state index in [9.17, 15) is 9.59 Å². The van der Waals surface area contributed by atoms with Gasteiger partial charge in [0.05, 0.1) is 13.0 Å². The van der Waals surface area contributed by atoms with E-state index in [-0.39, 0.29) is 24.7 Å². The number of esters is 1. The summed E-state index contributed by atoms with van der Waals surface area (Å²) in [5.41, 5.74) is 1.99. The molecule has 0 aromatic heterocycles. The number of nitrogens with one attached hydrogen (secondary N) is 1. The maximum absolute atomic E-state index is 11.8. The van der Waals surface area contributed by atoms with E-state index < -0.39 is 0 Å². The molecule has 0 saturated heterocycles. The fourth-order valence-corrected chi connectivity index (χ4v) is 2.35. The third kappa shape index (κ3) is 10.6. The predicted octanol–water partition coefficient (Wildman–Crippen LogP) is 5.37. The quantitative estimate of drug-likeness (QED) is 0.447. The Morgan fingerprint density at radius 1 is 1.16 bits per heavy atom. The summed E-state index contributed by atoms with van der Waals surface area (Å²) in [6, 6.07) is 6.83. The lowest BCUT2D eigenvalue weighted by molar-refractivity contribution is -0.145. The molecule has 0 aliphatic rings. The van der Waals surface area contributed by atoms with Crippen LogP contribution >= 0.6 is 11.6 Å². The van der Waals surface area contributed by atoms with Crippen molar-refractivity contribution in [2.24, 2.45) is 5.92 Å². The van der Waals surface area contributed by atoms with E-state index in [4.69, 9.17) is 16.3 Å². The number of benzene rings is 1. The molecule has 1 atom stereocenters. The smallest absolute Gasteiger partial charge is 0.306 e. The second kappa shape index (κ2) is 11.7. The zero-order valence-corrected chi connectivity index (χ0v) is 16.1. The van der Waals surface area contributed by atoms with Crippen LogP contribution in [0.4, 0.5) is 5.69 Å². The van der Waals surface area contributed by atoms with Gasteiger partial charge in [0, 0.05) is 17.1 Å². The molecule has 1 aromatic rings. The van der Waals surface area contributed by atoms with Crippen LogP contribution in [0.5, 0.6) is 0 Å². The Hall–Kier alpha value is -1.81. The summed E-state index contributed by atoms with van der Waals surface area (Å²) < 4.78 is 5.20. The molecule has 1 rings (SSSR count). The van der Waals surface area contributed by atoms with Crippen LogP contribution in [0.2, 0.25) is 5.02 Å². The number of anilines is 1. The molecule has 1 N–H and O–H groups in total. The third-order valence-electron chi connectivity index (χ3n) is 3.77. The highest BCUT2D eigenvalue weighted by molar-refractivity contribution is 6.30. The van der Waals surface area contributed by atoms with Crippen molar-refractivity contribution in [3.05, 3.63) is 40.9 Å². The monoisotopic (exact) mass is 365 g/mol. The number of allylic oxidation sites excluding steroid dienone is 2. The lowest BCUT2D eigenvalue weighted by Gasteiger charge is -2.11. The van der Waals surface area contributed by atoms with E-state index in [0.717, 1.165) is 19.3 Å². The van der Waals surface area contributed by atoms with Gasteiger partial charge in [-0.2, -0.15) is 0 Å². The van der Waals surface area contributed by atoms with Crippen molar-refractivity contribution in [1.29, 1.82) is 0 Å². The van der Waals surface area contributed by atoms with Crippen molar-refractivity contribution in [2.45, 2.75) is 52.9 Å². The van der Waals surface area contributed by atoms with Crippen molar-refractivity contribution >= 4 is 29.2 Å².